The van der Waals surface area contributed by atoms with Gasteiger partial charge in [-0.2, -0.15) is 0 Å². The first-order valence-corrected chi connectivity index (χ1v) is 12.0. The van der Waals surface area contributed by atoms with E-state index in [9.17, 15) is 24.6 Å². The zero-order valence-electron chi connectivity index (χ0n) is 19.1. The smallest absolute Gasteiger partial charge is 0.310 e. The molecule has 0 aromatic heterocycles. The van der Waals surface area contributed by atoms with E-state index in [-0.39, 0.29) is 18.4 Å². The Morgan fingerprint density at radius 3 is 2.67 bits per heavy atom. The second-order valence-corrected chi connectivity index (χ2v) is 9.38. The van der Waals surface area contributed by atoms with Crippen LogP contribution in [0, 0.1) is 11.8 Å². The van der Waals surface area contributed by atoms with Gasteiger partial charge < -0.3 is 29.5 Å². The van der Waals surface area contributed by atoms with E-state index in [1.807, 2.05) is 0 Å². The molecule has 4 heterocycles. The molecule has 0 unspecified atom stereocenters. The average Bonchev–Trinajstić information content (AvgIpc) is 3.45. The standard InChI is InChI=1S/C23H35N3O7/c1-2-7-25(10-9-24-11-14-32-15-12-24)21(29)19-23-6-5-16(33-23)17(22(30)31)18(23)20(28)26(19)8-3-4-13-27/h2,16-19,27H,1,3-15H2,(H,30,31)/t16-,17+,18+,19-,23+/m1/s1. The second-order valence-electron chi connectivity index (χ2n) is 9.38. The van der Waals surface area contributed by atoms with Crippen molar-refractivity contribution in [2.45, 2.75) is 43.4 Å². The maximum Gasteiger partial charge on any atom is 0.310 e. The Hall–Kier alpha value is -2.01. The third-order valence-corrected chi connectivity index (χ3v) is 7.58. The molecular weight excluding hydrogens is 430 g/mol. The number of morpholine rings is 1. The Labute approximate surface area is 194 Å². The summed E-state index contributed by atoms with van der Waals surface area (Å²) in [5.41, 5.74) is -1.10. The highest BCUT2D eigenvalue weighted by molar-refractivity contribution is 5.98. The maximum atomic E-state index is 14.0. The molecule has 0 aliphatic carbocycles. The van der Waals surface area contributed by atoms with Crippen LogP contribution >= 0.6 is 0 Å². The van der Waals surface area contributed by atoms with E-state index in [4.69, 9.17) is 9.47 Å². The van der Waals surface area contributed by atoms with Crippen LogP contribution in [0.5, 0.6) is 0 Å². The van der Waals surface area contributed by atoms with Gasteiger partial charge in [0.15, 0.2) is 0 Å². The molecule has 1 spiro atoms. The van der Waals surface area contributed by atoms with Crippen LogP contribution in [0.4, 0.5) is 0 Å². The summed E-state index contributed by atoms with van der Waals surface area (Å²) in [4.78, 5) is 45.0. The van der Waals surface area contributed by atoms with Crippen molar-refractivity contribution in [3.63, 3.8) is 0 Å². The Balaban J connectivity index is 1.59. The maximum absolute atomic E-state index is 14.0. The zero-order chi connectivity index (χ0) is 23.6. The molecule has 4 rings (SSSR count). The topological polar surface area (TPSA) is 120 Å². The number of fused-ring (bicyclic) bond motifs is 1. The van der Waals surface area contributed by atoms with Crippen LogP contribution in [0.2, 0.25) is 0 Å². The van der Waals surface area contributed by atoms with Gasteiger partial charge in [-0.3, -0.25) is 19.3 Å². The highest BCUT2D eigenvalue weighted by Gasteiger charge is 2.74. The molecule has 2 N–H and O–H groups in total. The number of nitrogens with zero attached hydrogens (tertiary/aromatic N) is 3. The molecule has 0 aromatic rings. The third-order valence-electron chi connectivity index (χ3n) is 7.58. The van der Waals surface area contributed by atoms with Crippen molar-refractivity contribution in [1.29, 1.82) is 0 Å². The van der Waals surface area contributed by atoms with E-state index in [0.717, 1.165) is 13.1 Å². The molecular formula is C23H35N3O7. The quantitative estimate of drug-likeness (QED) is 0.312. The summed E-state index contributed by atoms with van der Waals surface area (Å²) in [5, 5.41) is 19.0. The summed E-state index contributed by atoms with van der Waals surface area (Å²) in [6, 6.07) is -0.854. The number of hydrogen-bond donors (Lipinski definition) is 2. The number of hydrogen-bond acceptors (Lipinski definition) is 7. The van der Waals surface area contributed by atoms with Crippen LogP contribution < -0.4 is 0 Å². The number of aliphatic carboxylic acids is 1. The normalized spacial score (nSPS) is 33.4. The minimum absolute atomic E-state index is 0.00627. The molecule has 5 atom stereocenters. The van der Waals surface area contributed by atoms with Gasteiger partial charge in [0.1, 0.15) is 11.6 Å². The number of aliphatic hydroxyl groups is 1. The van der Waals surface area contributed by atoms with Gasteiger partial charge in [-0.05, 0) is 25.7 Å². The van der Waals surface area contributed by atoms with Gasteiger partial charge >= 0.3 is 5.97 Å². The fraction of sp³-hybridized carbons (Fsp3) is 0.783. The molecule has 0 saturated carbocycles. The number of aliphatic hydroxyl groups excluding tert-OH is 1. The molecule has 10 nitrogen and oxygen atoms in total. The summed E-state index contributed by atoms with van der Waals surface area (Å²) in [7, 11) is 0. The second kappa shape index (κ2) is 10.1. The SMILES string of the molecule is C=CCN(CCN1CCOCC1)C(=O)[C@H]1N(CCCCO)C(=O)[C@@H]2[C@@H](C(=O)O)[C@H]3CC[C@]21O3. The van der Waals surface area contributed by atoms with E-state index < -0.39 is 35.6 Å². The number of carboxylic acid groups (broad SMARTS) is 1. The number of amides is 2. The first-order valence-electron chi connectivity index (χ1n) is 12.0. The molecule has 4 aliphatic rings. The van der Waals surface area contributed by atoms with Crippen LogP contribution in [0.25, 0.3) is 0 Å². The predicted molar refractivity (Wildman–Crippen MR) is 117 cm³/mol. The number of ether oxygens (including phenoxy) is 2. The van der Waals surface area contributed by atoms with Crippen LogP contribution in [-0.2, 0) is 23.9 Å². The number of likely N-dealkylation sites (tertiary alicyclic amines) is 1. The van der Waals surface area contributed by atoms with Crippen LogP contribution in [0.1, 0.15) is 25.7 Å². The molecule has 2 amide bonds. The molecule has 2 bridgehead atoms. The van der Waals surface area contributed by atoms with Gasteiger partial charge in [0.05, 0.1) is 31.2 Å². The average molecular weight is 466 g/mol. The predicted octanol–water partition coefficient (Wildman–Crippen LogP) is -0.435. The number of rotatable bonds is 11. The first kappa shape index (κ1) is 24.1. The summed E-state index contributed by atoms with van der Waals surface area (Å²) in [6.07, 6.45) is 3.20. The lowest BCUT2D eigenvalue weighted by Crippen LogP contribution is -2.57. The monoisotopic (exact) mass is 465 g/mol. The van der Waals surface area contributed by atoms with E-state index in [1.165, 1.54) is 4.90 Å². The van der Waals surface area contributed by atoms with Gasteiger partial charge in [-0.25, -0.2) is 0 Å². The zero-order valence-corrected chi connectivity index (χ0v) is 19.1. The van der Waals surface area contributed by atoms with E-state index in [1.54, 1.807) is 11.0 Å². The highest BCUT2D eigenvalue weighted by atomic mass is 16.5. The van der Waals surface area contributed by atoms with Crippen molar-refractivity contribution in [3.05, 3.63) is 12.7 Å². The molecule has 4 fully saturated rings. The summed E-state index contributed by atoms with van der Waals surface area (Å²) < 4.78 is 11.6. The first-order chi connectivity index (χ1) is 15.9. The number of unbranched alkanes of at least 4 members (excludes halogenated alkanes) is 1. The molecule has 0 radical (unpaired) electrons. The summed E-state index contributed by atoms with van der Waals surface area (Å²) in [5.74, 6) is -3.34. The van der Waals surface area contributed by atoms with Crippen molar-refractivity contribution in [2.24, 2.45) is 11.8 Å². The lowest BCUT2D eigenvalue weighted by molar-refractivity contribution is -0.151. The molecule has 33 heavy (non-hydrogen) atoms. The Morgan fingerprint density at radius 2 is 2.00 bits per heavy atom. The minimum Gasteiger partial charge on any atom is -0.481 e. The Bertz CT molecular complexity index is 771. The lowest BCUT2D eigenvalue weighted by Gasteiger charge is -2.37. The molecule has 0 aromatic carbocycles. The van der Waals surface area contributed by atoms with E-state index in [0.29, 0.717) is 65.1 Å². The van der Waals surface area contributed by atoms with Crippen molar-refractivity contribution in [3.8, 4) is 0 Å². The molecule has 4 saturated heterocycles. The fourth-order valence-electron chi connectivity index (χ4n) is 6.06. The number of carboxylic acids is 1. The summed E-state index contributed by atoms with van der Waals surface area (Å²) in [6.45, 7) is 8.54. The van der Waals surface area contributed by atoms with Crippen LogP contribution in [-0.4, -0.2) is 120 Å². The Morgan fingerprint density at radius 1 is 1.24 bits per heavy atom. The third kappa shape index (κ3) is 4.29. The molecule has 10 heteroatoms. The van der Waals surface area contributed by atoms with E-state index in [2.05, 4.69) is 11.5 Å². The van der Waals surface area contributed by atoms with Crippen molar-refractivity contribution >= 4 is 17.8 Å². The van der Waals surface area contributed by atoms with Gasteiger partial charge in [-0.1, -0.05) is 6.08 Å². The van der Waals surface area contributed by atoms with Gasteiger partial charge in [-0.15, -0.1) is 6.58 Å². The number of carbonyl (C=O) groups is 3. The molecule has 184 valence electrons. The Kier molecular flexibility index (Phi) is 7.37. The van der Waals surface area contributed by atoms with Crippen LogP contribution in [0.3, 0.4) is 0 Å². The molecule has 4 aliphatic heterocycles. The summed E-state index contributed by atoms with van der Waals surface area (Å²) >= 11 is 0. The lowest BCUT2D eigenvalue weighted by atomic mass is 9.70. The largest absolute Gasteiger partial charge is 0.481 e. The minimum atomic E-state index is -1.10. The van der Waals surface area contributed by atoms with Gasteiger partial charge in [0.25, 0.3) is 0 Å². The van der Waals surface area contributed by atoms with Crippen molar-refractivity contribution < 1.29 is 34.1 Å². The highest BCUT2D eigenvalue weighted by Crippen LogP contribution is 2.58. The van der Waals surface area contributed by atoms with Crippen molar-refractivity contribution in [2.75, 3.05) is 59.1 Å². The van der Waals surface area contributed by atoms with Crippen LogP contribution in [0.15, 0.2) is 12.7 Å². The fourth-order valence-corrected chi connectivity index (χ4v) is 6.06. The van der Waals surface area contributed by atoms with E-state index >= 15 is 0 Å². The van der Waals surface area contributed by atoms with Gasteiger partial charge in [0, 0.05) is 45.9 Å². The van der Waals surface area contributed by atoms with Crippen molar-refractivity contribution in [1.82, 2.24) is 14.7 Å². The number of carbonyl (C=O) groups excluding carboxylic acids is 2. The van der Waals surface area contributed by atoms with Gasteiger partial charge in [0.2, 0.25) is 11.8 Å².